The molecule has 0 saturated carbocycles. The number of hydrogen-bond donors (Lipinski definition) is 3. The second-order valence-corrected chi connectivity index (χ2v) is 3.80. The zero-order valence-electron chi connectivity index (χ0n) is 7.37. The fourth-order valence-electron chi connectivity index (χ4n) is 1.14. The van der Waals surface area contributed by atoms with Crippen LogP contribution in [-0.2, 0) is 0 Å². The minimum Gasteiger partial charge on any atom is -0.508 e. The van der Waals surface area contributed by atoms with Crippen molar-refractivity contribution in [1.82, 2.24) is 0 Å². The fraction of sp³-hybridized carbons (Fsp3) is 0.333. The highest BCUT2D eigenvalue weighted by Gasteiger charge is 2.13. The van der Waals surface area contributed by atoms with Crippen molar-refractivity contribution >= 4 is 15.9 Å². The summed E-state index contributed by atoms with van der Waals surface area (Å²) in [6, 6.07) is 1.93. The Morgan fingerprint density at radius 2 is 2.14 bits per heavy atom. The summed E-state index contributed by atoms with van der Waals surface area (Å²) in [5, 5.41) is 18.1. The monoisotopic (exact) mass is 263 g/mol. The van der Waals surface area contributed by atoms with Crippen molar-refractivity contribution in [3.05, 3.63) is 28.0 Å². The van der Waals surface area contributed by atoms with Crippen LogP contribution >= 0.6 is 15.9 Å². The van der Waals surface area contributed by atoms with Crippen molar-refractivity contribution in [2.24, 2.45) is 5.73 Å². The van der Waals surface area contributed by atoms with Crippen LogP contribution in [0.5, 0.6) is 5.75 Å². The Labute approximate surface area is 89.5 Å². The molecule has 78 valence electrons. The van der Waals surface area contributed by atoms with Crippen LogP contribution in [-0.4, -0.2) is 16.8 Å². The normalized spacial score (nSPS) is 12.9. The van der Waals surface area contributed by atoms with Crippen molar-refractivity contribution in [3.8, 4) is 5.75 Å². The predicted molar refractivity (Wildman–Crippen MR) is 54.4 cm³/mol. The lowest BCUT2D eigenvalue weighted by Crippen LogP contribution is -2.12. The van der Waals surface area contributed by atoms with Crippen LogP contribution in [0.1, 0.15) is 18.0 Å². The van der Waals surface area contributed by atoms with Gasteiger partial charge in [-0.1, -0.05) is 0 Å². The van der Waals surface area contributed by atoms with E-state index >= 15 is 0 Å². The lowest BCUT2D eigenvalue weighted by molar-refractivity contribution is 0.275. The molecule has 4 N–H and O–H groups in total. The Morgan fingerprint density at radius 1 is 1.50 bits per heavy atom. The van der Waals surface area contributed by atoms with Crippen molar-refractivity contribution in [1.29, 1.82) is 0 Å². The van der Waals surface area contributed by atoms with Crippen LogP contribution in [0.25, 0.3) is 0 Å². The number of phenols is 1. The van der Waals surface area contributed by atoms with E-state index in [0.717, 1.165) is 6.07 Å². The molecule has 1 rings (SSSR count). The predicted octanol–water partition coefficient (Wildman–Crippen LogP) is 1.68. The minimum atomic E-state index is -0.539. The first-order chi connectivity index (χ1) is 6.56. The Bertz CT molecular complexity index is 333. The SMILES string of the molecule is NC(CCO)c1cc(Br)c(F)cc1O. The second kappa shape index (κ2) is 4.72. The molecule has 1 atom stereocenters. The highest BCUT2D eigenvalue weighted by molar-refractivity contribution is 9.10. The highest BCUT2D eigenvalue weighted by atomic mass is 79.9. The summed E-state index contributed by atoms with van der Waals surface area (Å²) in [4.78, 5) is 0. The van der Waals surface area contributed by atoms with E-state index in [1.807, 2.05) is 0 Å². The number of phenolic OH excluding ortho intramolecular Hbond substituents is 1. The molecule has 0 radical (unpaired) electrons. The molecule has 0 aromatic heterocycles. The van der Waals surface area contributed by atoms with E-state index in [0.29, 0.717) is 12.0 Å². The van der Waals surface area contributed by atoms with E-state index in [1.54, 1.807) is 0 Å². The van der Waals surface area contributed by atoms with Gasteiger partial charge >= 0.3 is 0 Å². The Kier molecular flexibility index (Phi) is 3.86. The third kappa shape index (κ3) is 2.43. The second-order valence-electron chi connectivity index (χ2n) is 2.94. The van der Waals surface area contributed by atoms with Crippen LogP contribution in [0.2, 0.25) is 0 Å². The Hall–Kier alpha value is -0.650. The van der Waals surface area contributed by atoms with Gasteiger partial charge in [0.1, 0.15) is 11.6 Å². The third-order valence-corrected chi connectivity index (χ3v) is 2.52. The first-order valence-electron chi connectivity index (χ1n) is 4.10. The summed E-state index contributed by atoms with van der Waals surface area (Å²) in [7, 11) is 0. The molecule has 0 fully saturated rings. The fourth-order valence-corrected chi connectivity index (χ4v) is 1.50. The Balaban J connectivity index is 3.02. The van der Waals surface area contributed by atoms with Crippen LogP contribution < -0.4 is 5.73 Å². The standard InChI is InChI=1S/C9H11BrFNO2/c10-6-3-5(8(12)1-2-13)9(14)4-7(6)11/h3-4,8,13-14H,1-2,12H2. The van der Waals surface area contributed by atoms with Gasteiger partial charge in [-0.15, -0.1) is 0 Å². The topological polar surface area (TPSA) is 66.5 Å². The summed E-state index contributed by atoms with van der Waals surface area (Å²) in [6.07, 6.45) is 0.325. The molecule has 14 heavy (non-hydrogen) atoms. The number of nitrogens with two attached hydrogens (primary N) is 1. The van der Waals surface area contributed by atoms with Crippen molar-refractivity contribution in [2.45, 2.75) is 12.5 Å². The third-order valence-electron chi connectivity index (χ3n) is 1.91. The highest BCUT2D eigenvalue weighted by Crippen LogP contribution is 2.30. The number of halogens is 2. The minimum absolute atomic E-state index is 0.0738. The van der Waals surface area contributed by atoms with E-state index in [1.165, 1.54) is 6.07 Å². The molecule has 1 aromatic carbocycles. The summed E-state index contributed by atoms with van der Waals surface area (Å²) in [6.45, 7) is -0.0738. The molecular formula is C9H11BrFNO2. The van der Waals surface area contributed by atoms with Crippen LogP contribution in [0.15, 0.2) is 16.6 Å². The van der Waals surface area contributed by atoms with Crippen molar-refractivity contribution in [3.63, 3.8) is 0 Å². The average molecular weight is 264 g/mol. The van der Waals surface area contributed by atoms with Gasteiger partial charge in [-0.05, 0) is 28.4 Å². The molecule has 1 unspecified atom stereocenters. The number of hydrogen-bond acceptors (Lipinski definition) is 3. The molecule has 0 aliphatic heterocycles. The van der Waals surface area contributed by atoms with Crippen LogP contribution in [0, 0.1) is 5.82 Å². The summed E-state index contributed by atoms with van der Waals surface area (Å²) in [5.74, 6) is -0.728. The number of aromatic hydroxyl groups is 1. The number of aliphatic hydroxyl groups excluding tert-OH is 1. The number of rotatable bonds is 3. The molecule has 0 aliphatic carbocycles. The molecule has 0 spiro atoms. The van der Waals surface area contributed by atoms with E-state index in [9.17, 15) is 9.50 Å². The van der Waals surface area contributed by atoms with E-state index in [4.69, 9.17) is 10.8 Å². The molecule has 0 aliphatic rings. The van der Waals surface area contributed by atoms with E-state index < -0.39 is 11.9 Å². The summed E-state index contributed by atoms with van der Waals surface area (Å²) >= 11 is 3.00. The van der Waals surface area contributed by atoms with Gasteiger partial charge < -0.3 is 15.9 Å². The summed E-state index contributed by atoms with van der Waals surface area (Å²) in [5.41, 5.74) is 6.09. The smallest absolute Gasteiger partial charge is 0.141 e. The molecule has 3 nitrogen and oxygen atoms in total. The summed E-state index contributed by atoms with van der Waals surface area (Å²) < 4.78 is 13.2. The zero-order chi connectivity index (χ0) is 10.7. The molecule has 5 heteroatoms. The van der Waals surface area contributed by atoms with Crippen molar-refractivity contribution in [2.75, 3.05) is 6.61 Å². The molecule has 0 heterocycles. The van der Waals surface area contributed by atoms with Gasteiger partial charge in [-0.2, -0.15) is 0 Å². The maximum atomic E-state index is 12.9. The quantitative estimate of drug-likeness (QED) is 0.778. The maximum absolute atomic E-state index is 12.9. The first kappa shape index (κ1) is 11.4. The molecule has 0 amide bonds. The average Bonchev–Trinajstić information content (AvgIpc) is 2.11. The maximum Gasteiger partial charge on any atom is 0.141 e. The van der Waals surface area contributed by atoms with Gasteiger partial charge in [0.15, 0.2) is 0 Å². The largest absolute Gasteiger partial charge is 0.508 e. The zero-order valence-corrected chi connectivity index (χ0v) is 8.96. The van der Waals surface area contributed by atoms with Gasteiger partial charge in [-0.25, -0.2) is 4.39 Å². The van der Waals surface area contributed by atoms with Crippen LogP contribution in [0.3, 0.4) is 0 Å². The van der Waals surface area contributed by atoms with Gasteiger partial charge in [-0.3, -0.25) is 0 Å². The molecular weight excluding hydrogens is 253 g/mol. The lowest BCUT2D eigenvalue weighted by atomic mass is 10.0. The Morgan fingerprint density at radius 3 is 2.71 bits per heavy atom. The molecule has 1 aromatic rings. The van der Waals surface area contributed by atoms with E-state index in [-0.39, 0.29) is 16.8 Å². The molecule has 0 saturated heterocycles. The first-order valence-corrected chi connectivity index (χ1v) is 4.90. The van der Waals surface area contributed by atoms with E-state index in [2.05, 4.69) is 15.9 Å². The van der Waals surface area contributed by atoms with Crippen molar-refractivity contribution < 1.29 is 14.6 Å². The number of benzene rings is 1. The lowest BCUT2D eigenvalue weighted by Gasteiger charge is -2.12. The van der Waals surface area contributed by atoms with Crippen LogP contribution in [0.4, 0.5) is 4.39 Å². The number of aliphatic hydroxyl groups is 1. The van der Waals surface area contributed by atoms with Gasteiger partial charge in [0.25, 0.3) is 0 Å². The van der Waals surface area contributed by atoms with Gasteiger partial charge in [0.05, 0.1) is 4.47 Å². The van der Waals surface area contributed by atoms with Gasteiger partial charge in [0, 0.05) is 24.3 Å². The van der Waals surface area contributed by atoms with Gasteiger partial charge in [0.2, 0.25) is 0 Å². The molecule has 0 bridgehead atoms.